The summed E-state index contributed by atoms with van der Waals surface area (Å²) >= 11 is 0. The van der Waals surface area contributed by atoms with E-state index in [0.717, 1.165) is 46.8 Å². The van der Waals surface area contributed by atoms with Gasteiger partial charge in [0.25, 0.3) is 0 Å². The van der Waals surface area contributed by atoms with E-state index in [-0.39, 0.29) is 11.5 Å². The zero-order valence-corrected chi connectivity index (χ0v) is 20.9. The standard InChI is InChI=1S/C23H23NO5.C4H8O2/c1-13-17(15-6-5-7-16(23(25)26)22(15)29-4)11-19-18-12-21(28-3)20(27-2)10-14(18)8-9-24(13)19;1-3-6-4(2)5/h5-7,10-12H,8-9H2,1-4H3,(H,25,26);3H2,1-2H3. The average Bonchev–Trinajstić information content (AvgIpc) is 3.19. The van der Waals surface area contributed by atoms with E-state index in [0.29, 0.717) is 18.1 Å². The quantitative estimate of drug-likeness (QED) is 0.496. The number of carbonyl (C=O) groups is 2. The maximum atomic E-state index is 11.6. The second-order valence-electron chi connectivity index (χ2n) is 7.91. The summed E-state index contributed by atoms with van der Waals surface area (Å²) in [6.45, 7) is 6.54. The van der Waals surface area contributed by atoms with Gasteiger partial charge in [0.05, 0.1) is 27.9 Å². The van der Waals surface area contributed by atoms with Crippen LogP contribution in [0.25, 0.3) is 22.4 Å². The molecular formula is C27H31NO7. The molecule has 0 radical (unpaired) electrons. The third-order valence-electron chi connectivity index (χ3n) is 5.94. The van der Waals surface area contributed by atoms with Crippen LogP contribution in [0.4, 0.5) is 0 Å². The molecule has 1 aliphatic rings. The van der Waals surface area contributed by atoms with Gasteiger partial charge in [-0.3, -0.25) is 4.79 Å². The van der Waals surface area contributed by atoms with Crippen LogP contribution in [0.1, 0.15) is 35.5 Å². The minimum absolute atomic E-state index is 0.153. The van der Waals surface area contributed by atoms with Gasteiger partial charge in [-0.05, 0) is 50.1 Å². The molecule has 0 amide bonds. The number of fused-ring (bicyclic) bond motifs is 3. The number of para-hydroxylation sites is 1. The van der Waals surface area contributed by atoms with Crippen molar-refractivity contribution in [1.82, 2.24) is 4.57 Å². The Kier molecular flexibility index (Phi) is 8.06. The fourth-order valence-electron chi connectivity index (χ4n) is 4.37. The fourth-order valence-corrected chi connectivity index (χ4v) is 4.37. The second kappa shape index (κ2) is 11.0. The number of carbonyl (C=O) groups excluding carboxylic acids is 1. The summed E-state index contributed by atoms with van der Waals surface area (Å²) in [7, 11) is 4.77. The topological polar surface area (TPSA) is 96.2 Å². The van der Waals surface area contributed by atoms with Crippen LogP contribution in [0.5, 0.6) is 17.2 Å². The van der Waals surface area contributed by atoms with Crippen LogP contribution in [0.2, 0.25) is 0 Å². The van der Waals surface area contributed by atoms with Crippen molar-refractivity contribution in [3.63, 3.8) is 0 Å². The van der Waals surface area contributed by atoms with Gasteiger partial charge < -0.3 is 28.6 Å². The van der Waals surface area contributed by atoms with Crippen molar-refractivity contribution in [3.05, 3.63) is 53.2 Å². The molecule has 0 bridgehead atoms. The van der Waals surface area contributed by atoms with E-state index in [1.165, 1.54) is 19.6 Å². The van der Waals surface area contributed by atoms with Crippen molar-refractivity contribution in [2.75, 3.05) is 27.9 Å². The van der Waals surface area contributed by atoms with Gasteiger partial charge in [-0.25, -0.2) is 4.79 Å². The minimum Gasteiger partial charge on any atom is -0.495 e. The van der Waals surface area contributed by atoms with Crippen molar-refractivity contribution in [2.24, 2.45) is 0 Å². The van der Waals surface area contributed by atoms with Gasteiger partial charge in [-0.1, -0.05) is 12.1 Å². The molecular weight excluding hydrogens is 450 g/mol. The molecule has 0 unspecified atom stereocenters. The lowest BCUT2D eigenvalue weighted by molar-refractivity contribution is -0.140. The molecule has 0 saturated carbocycles. The molecule has 0 aliphatic carbocycles. The number of hydrogen-bond acceptors (Lipinski definition) is 6. The Morgan fingerprint density at radius 1 is 0.971 bits per heavy atom. The van der Waals surface area contributed by atoms with Gasteiger partial charge in [0.15, 0.2) is 11.5 Å². The first-order valence-corrected chi connectivity index (χ1v) is 11.3. The number of benzene rings is 2. The second-order valence-corrected chi connectivity index (χ2v) is 7.91. The van der Waals surface area contributed by atoms with Gasteiger partial charge in [0.1, 0.15) is 11.3 Å². The van der Waals surface area contributed by atoms with Crippen LogP contribution in [-0.4, -0.2) is 49.5 Å². The minimum atomic E-state index is -1.01. The number of carboxylic acids is 1. The number of hydrogen-bond donors (Lipinski definition) is 1. The molecule has 0 spiro atoms. The predicted molar refractivity (Wildman–Crippen MR) is 133 cm³/mol. The fraction of sp³-hybridized carbons (Fsp3) is 0.333. The molecule has 3 aromatic rings. The summed E-state index contributed by atoms with van der Waals surface area (Å²) < 4.78 is 23.1. The van der Waals surface area contributed by atoms with Crippen molar-refractivity contribution < 1.29 is 33.6 Å². The number of methoxy groups -OCH3 is 3. The Bertz CT molecular complexity index is 1240. The Morgan fingerprint density at radius 2 is 1.66 bits per heavy atom. The number of carboxylic acid groups (broad SMARTS) is 1. The first kappa shape index (κ1) is 25.7. The Morgan fingerprint density at radius 3 is 2.20 bits per heavy atom. The molecule has 8 nitrogen and oxygen atoms in total. The number of rotatable bonds is 6. The molecule has 1 aliphatic heterocycles. The smallest absolute Gasteiger partial charge is 0.339 e. The third kappa shape index (κ3) is 5.11. The van der Waals surface area contributed by atoms with E-state index < -0.39 is 5.97 Å². The maximum Gasteiger partial charge on any atom is 0.339 e. The monoisotopic (exact) mass is 481 g/mol. The van der Waals surface area contributed by atoms with Crippen molar-refractivity contribution in [2.45, 2.75) is 33.7 Å². The summed E-state index contributed by atoms with van der Waals surface area (Å²) in [4.78, 5) is 21.4. The summed E-state index contributed by atoms with van der Waals surface area (Å²) in [5, 5.41) is 9.53. The lowest BCUT2D eigenvalue weighted by Gasteiger charge is -2.22. The zero-order chi connectivity index (χ0) is 25.7. The highest BCUT2D eigenvalue weighted by Gasteiger charge is 2.25. The predicted octanol–water partition coefficient (Wildman–Crippen LogP) is 4.98. The average molecular weight is 482 g/mol. The van der Waals surface area contributed by atoms with Gasteiger partial charge in [-0.2, -0.15) is 0 Å². The molecule has 4 rings (SSSR count). The van der Waals surface area contributed by atoms with Gasteiger partial charge in [-0.15, -0.1) is 0 Å². The maximum absolute atomic E-state index is 11.6. The van der Waals surface area contributed by atoms with Gasteiger partial charge >= 0.3 is 11.9 Å². The molecule has 1 N–H and O–H groups in total. The molecule has 0 atom stereocenters. The molecule has 35 heavy (non-hydrogen) atoms. The number of ether oxygens (including phenoxy) is 4. The highest BCUT2D eigenvalue weighted by Crippen LogP contribution is 2.44. The van der Waals surface area contributed by atoms with Gasteiger partial charge in [0.2, 0.25) is 0 Å². The van der Waals surface area contributed by atoms with Crippen molar-refractivity contribution in [1.29, 1.82) is 0 Å². The molecule has 2 heterocycles. The van der Waals surface area contributed by atoms with Crippen LogP contribution in [0.15, 0.2) is 36.4 Å². The lowest BCUT2D eigenvalue weighted by atomic mass is 9.97. The Hall–Kier alpha value is -3.94. The van der Waals surface area contributed by atoms with E-state index in [2.05, 4.69) is 22.3 Å². The molecule has 0 fully saturated rings. The number of esters is 1. The summed E-state index contributed by atoms with van der Waals surface area (Å²) in [5.74, 6) is 0.563. The van der Waals surface area contributed by atoms with Crippen LogP contribution >= 0.6 is 0 Å². The van der Waals surface area contributed by atoms with Crippen LogP contribution < -0.4 is 14.2 Å². The number of nitrogens with zero attached hydrogens (tertiary/aromatic N) is 1. The first-order valence-electron chi connectivity index (χ1n) is 11.3. The number of aryl methyl sites for hydroxylation is 1. The van der Waals surface area contributed by atoms with Crippen LogP contribution in [0, 0.1) is 6.92 Å². The van der Waals surface area contributed by atoms with E-state index in [9.17, 15) is 14.7 Å². The van der Waals surface area contributed by atoms with Crippen LogP contribution in [-0.2, 0) is 22.5 Å². The highest BCUT2D eigenvalue weighted by atomic mass is 16.5. The van der Waals surface area contributed by atoms with Crippen molar-refractivity contribution >= 4 is 11.9 Å². The Balaban J connectivity index is 0.000000509. The zero-order valence-electron chi connectivity index (χ0n) is 20.9. The molecule has 2 aromatic carbocycles. The number of aromatic nitrogens is 1. The third-order valence-corrected chi connectivity index (χ3v) is 5.94. The lowest BCUT2D eigenvalue weighted by Crippen LogP contribution is -2.12. The Labute approximate surface area is 205 Å². The highest BCUT2D eigenvalue weighted by molar-refractivity contribution is 5.95. The summed E-state index contributed by atoms with van der Waals surface area (Å²) in [5.41, 5.74) is 6.32. The number of aromatic carboxylic acids is 1. The van der Waals surface area contributed by atoms with Gasteiger partial charge in [0, 0.05) is 41.5 Å². The van der Waals surface area contributed by atoms with E-state index in [1.807, 2.05) is 18.2 Å². The first-order chi connectivity index (χ1) is 16.8. The van der Waals surface area contributed by atoms with E-state index in [1.54, 1.807) is 33.3 Å². The normalized spacial score (nSPS) is 11.4. The van der Waals surface area contributed by atoms with E-state index >= 15 is 0 Å². The molecule has 186 valence electrons. The van der Waals surface area contributed by atoms with Crippen molar-refractivity contribution in [3.8, 4) is 39.6 Å². The summed E-state index contributed by atoms with van der Waals surface area (Å²) in [6, 6.07) is 11.3. The molecule has 0 saturated heterocycles. The SMILES string of the molecule is CCOC(C)=O.COc1cc2c(cc1OC)-c1cc(-c3cccc(C(=O)O)c3OC)c(C)n1CC2. The largest absolute Gasteiger partial charge is 0.495 e. The van der Waals surface area contributed by atoms with E-state index in [4.69, 9.17) is 14.2 Å². The van der Waals surface area contributed by atoms with Crippen LogP contribution in [0.3, 0.4) is 0 Å². The summed E-state index contributed by atoms with van der Waals surface area (Å²) in [6.07, 6.45) is 0.879. The molecule has 8 heteroatoms. The molecule has 1 aromatic heterocycles.